The van der Waals surface area contributed by atoms with Crippen molar-refractivity contribution in [2.24, 2.45) is 0 Å². The van der Waals surface area contributed by atoms with Crippen LogP contribution in [0.1, 0.15) is 12.5 Å². The lowest BCUT2D eigenvalue weighted by atomic mass is 10.2. The molecule has 0 saturated carbocycles. The molecule has 0 unspecified atom stereocenters. The molecule has 1 aromatic rings. The van der Waals surface area contributed by atoms with Crippen molar-refractivity contribution >= 4 is 21.8 Å². The highest BCUT2D eigenvalue weighted by Crippen LogP contribution is 2.28. The molecule has 2 N–H and O–H groups in total. The van der Waals surface area contributed by atoms with Gasteiger partial charge in [-0.2, -0.15) is 5.26 Å². The number of nitrogens with one attached hydrogen (secondary N) is 2. The van der Waals surface area contributed by atoms with E-state index < -0.39 is 0 Å². The molecule has 0 heterocycles. The van der Waals surface area contributed by atoms with Crippen molar-refractivity contribution in [3.05, 3.63) is 28.2 Å². The molecule has 0 atom stereocenters. The fourth-order valence-corrected chi connectivity index (χ4v) is 1.96. The Balaban J connectivity index is 2.65. The average molecular weight is 326 g/mol. The van der Waals surface area contributed by atoms with Gasteiger partial charge in [-0.3, -0.25) is 4.79 Å². The molecule has 19 heavy (non-hydrogen) atoms. The molecule has 0 saturated heterocycles. The van der Waals surface area contributed by atoms with Crippen LogP contribution in [0.4, 0.5) is 0 Å². The summed E-state index contributed by atoms with van der Waals surface area (Å²) in [5.74, 6) is 0.335. The Morgan fingerprint density at radius 3 is 3.00 bits per heavy atom. The number of benzene rings is 1. The molecule has 0 aliphatic rings. The maximum absolute atomic E-state index is 11.4. The first-order valence-electron chi connectivity index (χ1n) is 5.93. The number of carbonyl (C=O) groups excluding carboxylic acids is 1. The largest absolute Gasteiger partial charge is 0.482 e. The first-order valence-corrected chi connectivity index (χ1v) is 6.72. The van der Waals surface area contributed by atoms with E-state index in [-0.39, 0.29) is 19.1 Å². The van der Waals surface area contributed by atoms with Gasteiger partial charge in [0.05, 0.1) is 10.5 Å². The smallest absolute Gasteiger partial charge is 0.258 e. The summed E-state index contributed by atoms with van der Waals surface area (Å²) < 4.78 is 6.32. The third-order valence-corrected chi connectivity index (χ3v) is 2.95. The number of rotatable bonds is 7. The molecular formula is C13H16BrN3O2. The van der Waals surface area contributed by atoms with E-state index in [9.17, 15) is 4.79 Å². The normalized spacial score (nSPS) is 9.74. The summed E-state index contributed by atoms with van der Waals surface area (Å²) in [5.41, 5.74) is 0.976. The maximum atomic E-state index is 11.4. The first-order chi connectivity index (χ1) is 9.19. The van der Waals surface area contributed by atoms with Crippen LogP contribution in [0.3, 0.4) is 0 Å². The second kappa shape index (κ2) is 8.51. The zero-order chi connectivity index (χ0) is 14.1. The number of amides is 1. The molecule has 102 valence electrons. The summed E-state index contributed by atoms with van der Waals surface area (Å²) in [4.78, 5) is 11.4. The molecule has 0 aliphatic carbocycles. The Labute approximate surface area is 121 Å². The zero-order valence-electron chi connectivity index (χ0n) is 10.7. The SMILES string of the molecule is CCNCc1cccc(Br)c1OCC(=O)NCC#N. The molecule has 0 spiro atoms. The fourth-order valence-electron chi connectivity index (χ4n) is 1.44. The Hall–Kier alpha value is -1.58. The van der Waals surface area contributed by atoms with E-state index in [1.807, 2.05) is 31.2 Å². The molecule has 1 amide bonds. The first kappa shape index (κ1) is 15.5. The van der Waals surface area contributed by atoms with Gasteiger partial charge in [0.15, 0.2) is 6.61 Å². The van der Waals surface area contributed by atoms with Gasteiger partial charge in [-0.05, 0) is 28.5 Å². The van der Waals surface area contributed by atoms with Crippen LogP contribution in [-0.2, 0) is 11.3 Å². The predicted molar refractivity (Wildman–Crippen MR) is 75.6 cm³/mol. The van der Waals surface area contributed by atoms with Crippen molar-refractivity contribution < 1.29 is 9.53 Å². The van der Waals surface area contributed by atoms with Crippen LogP contribution in [0, 0.1) is 11.3 Å². The standard InChI is InChI=1S/C13H16BrN3O2/c1-2-16-8-10-4-3-5-11(14)13(10)19-9-12(18)17-7-6-15/h3-5,16H,2,7-9H2,1H3,(H,17,18). The van der Waals surface area contributed by atoms with E-state index >= 15 is 0 Å². The lowest BCUT2D eigenvalue weighted by Gasteiger charge is -2.13. The molecule has 0 radical (unpaired) electrons. The van der Waals surface area contributed by atoms with Crippen LogP contribution in [0.5, 0.6) is 5.75 Å². The van der Waals surface area contributed by atoms with Crippen LogP contribution in [0.2, 0.25) is 0 Å². The van der Waals surface area contributed by atoms with E-state index in [0.717, 1.165) is 16.6 Å². The highest BCUT2D eigenvalue weighted by Gasteiger charge is 2.10. The van der Waals surface area contributed by atoms with Gasteiger partial charge in [0.1, 0.15) is 12.3 Å². The number of carbonyl (C=O) groups is 1. The quantitative estimate of drug-likeness (QED) is 0.746. The molecule has 5 nitrogen and oxygen atoms in total. The Kier molecular flexibility index (Phi) is 6.93. The summed E-state index contributed by atoms with van der Waals surface area (Å²) in [6.07, 6.45) is 0. The van der Waals surface area contributed by atoms with E-state index in [2.05, 4.69) is 26.6 Å². The van der Waals surface area contributed by atoms with Gasteiger partial charge in [-0.25, -0.2) is 0 Å². The third kappa shape index (κ3) is 5.28. The molecule has 1 rings (SSSR count). The van der Waals surface area contributed by atoms with Gasteiger partial charge < -0.3 is 15.4 Å². The predicted octanol–water partition coefficient (Wildman–Crippen LogP) is 1.58. The Morgan fingerprint density at radius 1 is 1.53 bits per heavy atom. The summed E-state index contributed by atoms with van der Waals surface area (Å²) in [6.45, 7) is 3.43. The van der Waals surface area contributed by atoms with Crippen LogP contribution in [0.15, 0.2) is 22.7 Å². The second-order valence-electron chi connectivity index (χ2n) is 3.73. The van der Waals surface area contributed by atoms with E-state index in [4.69, 9.17) is 10.00 Å². The number of ether oxygens (including phenoxy) is 1. The molecule has 1 aromatic carbocycles. The summed E-state index contributed by atoms with van der Waals surface area (Å²) in [5, 5.41) is 14.0. The van der Waals surface area contributed by atoms with Crippen LogP contribution in [-0.4, -0.2) is 25.6 Å². The highest BCUT2D eigenvalue weighted by molar-refractivity contribution is 9.10. The maximum Gasteiger partial charge on any atom is 0.258 e. The average Bonchev–Trinajstić information content (AvgIpc) is 2.41. The Bertz CT molecular complexity index is 471. The minimum absolute atomic E-state index is 0.0115. The molecular weight excluding hydrogens is 310 g/mol. The molecule has 0 bridgehead atoms. The fraction of sp³-hybridized carbons (Fsp3) is 0.385. The van der Waals surface area contributed by atoms with Crippen LogP contribution in [0.25, 0.3) is 0 Å². The summed E-state index contributed by atoms with van der Waals surface area (Å²) in [6, 6.07) is 7.56. The van der Waals surface area contributed by atoms with Gasteiger partial charge in [-0.15, -0.1) is 0 Å². The van der Waals surface area contributed by atoms with Gasteiger partial charge in [-0.1, -0.05) is 19.1 Å². The van der Waals surface area contributed by atoms with E-state index in [0.29, 0.717) is 12.3 Å². The van der Waals surface area contributed by atoms with Crippen molar-refractivity contribution in [3.8, 4) is 11.8 Å². The number of hydrogen-bond donors (Lipinski definition) is 2. The Morgan fingerprint density at radius 2 is 2.32 bits per heavy atom. The van der Waals surface area contributed by atoms with Crippen LogP contribution < -0.4 is 15.4 Å². The number of halogens is 1. The minimum atomic E-state index is -0.313. The lowest BCUT2D eigenvalue weighted by molar-refractivity contribution is -0.122. The van der Waals surface area contributed by atoms with E-state index in [1.165, 1.54) is 0 Å². The molecule has 0 aliphatic heterocycles. The van der Waals surface area contributed by atoms with Crippen LogP contribution >= 0.6 is 15.9 Å². The number of nitriles is 1. The molecule has 0 fully saturated rings. The molecule has 0 aromatic heterocycles. The summed E-state index contributed by atoms with van der Waals surface area (Å²) >= 11 is 3.40. The molecule has 6 heteroatoms. The number of para-hydroxylation sites is 1. The number of nitrogens with zero attached hydrogens (tertiary/aromatic N) is 1. The second-order valence-corrected chi connectivity index (χ2v) is 4.59. The van der Waals surface area contributed by atoms with Crippen molar-refractivity contribution in [3.63, 3.8) is 0 Å². The zero-order valence-corrected chi connectivity index (χ0v) is 12.3. The lowest BCUT2D eigenvalue weighted by Crippen LogP contribution is -2.29. The van der Waals surface area contributed by atoms with Crippen molar-refractivity contribution in [1.82, 2.24) is 10.6 Å². The highest BCUT2D eigenvalue weighted by atomic mass is 79.9. The van der Waals surface area contributed by atoms with Crippen molar-refractivity contribution in [2.45, 2.75) is 13.5 Å². The van der Waals surface area contributed by atoms with Gasteiger partial charge in [0, 0.05) is 12.1 Å². The number of hydrogen-bond acceptors (Lipinski definition) is 4. The minimum Gasteiger partial charge on any atom is -0.482 e. The van der Waals surface area contributed by atoms with E-state index in [1.54, 1.807) is 0 Å². The van der Waals surface area contributed by atoms with Crippen molar-refractivity contribution in [2.75, 3.05) is 19.7 Å². The third-order valence-electron chi connectivity index (χ3n) is 2.33. The topological polar surface area (TPSA) is 74.2 Å². The van der Waals surface area contributed by atoms with Gasteiger partial charge in [0.25, 0.3) is 5.91 Å². The monoisotopic (exact) mass is 325 g/mol. The van der Waals surface area contributed by atoms with Gasteiger partial charge in [0.2, 0.25) is 0 Å². The van der Waals surface area contributed by atoms with Crippen molar-refractivity contribution in [1.29, 1.82) is 5.26 Å². The summed E-state index contributed by atoms with van der Waals surface area (Å²) in [7, 11) is 0. The van der Waals surface area contributed by atoms with Gasteiger partial charge >= 0.3 is 0 Å².